The number of carboxylic acid groups (broad SMARTS) is 1. The molecule has 0 bridgehead atoms. The molecule has 0 radical (unpaired) electrons. The van der Waals surface area contributed by atoms with E-state index in [2.05, 4.69) is 0 Å². The van der Waals surface area contributed by atoms with Gasteiger partial charge in [-0.2, -0.15) is 0 Å². The maximum atomic E-state index is 10.3. The number of carbonyl (C=O) groups is 1. The summed E-state index contributed by atoms with van der Waals surface area (Å²) in [5.74, 6) is 0.251. The zero-order valence-corrected chi connectivity index (χ0v) is 11.5. The second kappa shape index (κ2) is 10.4. The third-order valence-electron chi connectivity index (χ3n) is 3.84. The Balaban J connectivity index is 1.76. The van der Waals surface area contributed by atoms with Crippen molar-refractivity contribution >= 4 is 5.97 Å². The van der Waals surface area contributed by atoms with Crippen molar-refractivity contribution in [3.63, 3.8) is 0 Å². The minimum absolute atomic E-state index is 0.337. The molecule has 1 aliphatic rings. The van der Waals surface area contributed by atoms with E-state index >= 15 is 0 Å². The van der Waals surface area contributed by atoms with E-state index in [9.17, 15) is 4.79 Å². The Morgan fingerprint density at radius 2 is 1.50 bits per heavy atom. The molecule has 0 amide bonds. The van der Waals surface area contributed by atoms with Crippen LogP contribution >= 0.6 is 0 Å². The van der Waals surface area contributed by atoms with Crippen LogP contribution in [0.25, 0.3) is 0 Å². The highest BCUT2D eigenvalue weighted by molar-refractivity contribution is 5.66. The number of ether oxygens (including phenoxy) is 1. The quantitative estimate of drug-likeness (QED) is 0.601. The van der Waals surface area contributed by atoms with Crippen LogP contribution in [0, 0.1) is 5.92 Å². The van der Waals surface area contributed by atoms with Gasteiger partial charge >= 0.3 is 5.97 Å². The molecule has 3 nitrogen and oxygen atoms in total. The zero-order chi connectivity index (χ0) is 13.1. The molecule has 1 saturated heterocycles. The SMILES string of the molecule is O=C(O)CCCCCCCCCC1CCOCC1. The van der Waals surface area contributed by atoms with Crippen molar-refractivity contribution in [1.82, 2.24) is 0 Å². The summed E-state index contributed by atoms with van der Waals surface area (Å²) in [6, 6.07) is 0. The number of unbranched alkanes of at least 4 members (excludes halogenated alkanes) is 6. The van der Waals surface area contributed by atoms with Gasteiger partial charge in [0, 0.05) is 19.6 Å². The molecule has 0 aromatic carbocycles. The predicted molar refractivity (Wildman–Crippen MR) is 72.7 cm³/mol. The molecule has 1 fully saturated rings. The Morgan fingerprint density at radius 1 is 0.944 bits per heavy atom. The topological polar surface area (TPSA) is 46.5 Å². The van der Waals surface area contributed by atoms with E-state index in [0.717, 1.165) is 32.0 Å². The molecular weight excluding hydrogens is 228 g/mol. The molecular formula is C15H28O3. The molecule has 1 heterocycles. The third kappa shape index (κ3) is 8.51. The Labute approximate surface area is 111 Å². The number of rotatable bonds is 10. The maximum Gasteiger partial charge on any atom is 0.303 e. The van der Waals surface area contributed by atoms with Gasteiger partial charge in [0.25, 0.3) is 0 Å². The van der Waals surface area contributed by atoms with E-state index in [1.807, 2.05) is 0 Å². The van der Waals surface area contributed by atoms with Crippen molar-refractivity contribution in [2.24, 2.45) is 5.92 Å². The Hall–Kier alpha value is -0.570. The highest BCUT2D eigenvalue weighted by Crippen LogP contribution is 2.21. The van der Waals surface area contributed by atoms with Gasteiger partial charge in [-0.3, -0.25) is 4.79 Å². The van der Waals surface area contributed by atoms with Crippen LogP contribution < -0.4 is 0 Å². The molecule has 0 aliphatic carbocycles. The number of hydrogen-bond donors (Lipinski definition) is 1. The second-order valence-corrected chi connectivity index (χ2v) is 5.46. The molecule has 1 N–H and O–H groups in total. The minimum Gasteiger partial charge on any atom is -0.481 e. The van der Waals surface area contributed by atoms with E-state index < -0.39 is 5.97 Å². The lowest BCUT2D eigenvalue weighted by Gasteiger charge is -2.21. The van der Waals surface area contributed by atoms with Gasteiger partial charge in [-0.05, 0) is 25.2 Å². The van der Waals surface area contributed by atoms with Gasteiger partial charge in [0.2, 0.25) is 0 Å². The molecule has 0 aromatic heterocycles. The van der Waals surface area contributed by atoms with Gasteiger partial charge in [-0.25, -0.2) is 0 Å². The maximum absolute atomic E-state index is 10.3. The Bertz CT molecular complexity index is 210. The van der Waals surface area contributed by atoms with Crippen LogP contribution in [0.3, 0.4) is 0 Å². The average molecular weight is 256 g/mol. The molecule has 3 heteroatoms. The van der Waals surface area contributed by atoms with Crippen molar-refractivity contribution in [1.29, 1.82) is 0 Å². The van der Waals surface area contributed by atoms with Crippen molar-refractivity contribution in [3.8, 4) is 0 Å². The molecule has 0 spiro atoms. The first-order chi connectivity index (χ1) is 8.79. The summed E-state index contributed by atoms with van der Waals surface area (Å²) < 4.78 is 5.36. The fourth-order valence-corrected chi connectivity index (χ4v) is 2.63. The van der Waals surface area contributed by atoms with Gasteiger partial charge in [0.15, 0.2) is 0 Å². The van der Waals surface area contributed by atoms with Crippen LogP contribution in [0.4, 0.5) is 0 Å². The fraction of sp³-hybridized carbons (Fsp3) is 0.933. The molecule has 18 heavy (non-hydrogen) atoms. The smallest absolute Gasteiger partial charge is 0.303 e. The fourth-order valence-electron chi connectivity index (χ4n) is 2.63. The molecule has 0 saturated carbocycles. The van der Waals surface area contributed by atoms with Crippen molar-refractivity contribution in [3.05, 3.63) is 0 Å². The Kier molecular flexibility index (Phi) is 8.92. The van der Waals surface area contributed by atoms with E-state index in [1.54, 1.807) is 0 Å². The first-order valence-electron chi connectivity index (χ1n) is 7.58. The molecule has 1 rings (SSSR count). The second-order valence-electron chi connectivity index (χ2n) is 5.46. The summed E-state index contributed by atoms with van der Waals surface area (Å²) in [6.07, 6.45) is 12.6. The van der Waals surface area contributed by atoms with Crippen LogP contribution in [-0.4, -0.2) is 24.3 Å². The van der Waals surface area contributed by atoms with Gasteiger partial charge in [0.1, 0.15) is 0 Å². The highest BCUT2D eigenvalue weighted by atomic mass is 16.5. The van der Waals surface area contributed by atoms with Crippen LogP contribution in [0.2, 0.25) is 0 Å². The van der Waals surface area contributed by atoms with Crippen molar-refractivity contribution in [2.45, 2.75) is 70.6 Å². The lowest BCUT2D eigenvalue weighted by Crippen LogP contribution is -2.15. The number of carboxylic acids is 1. The van der Waals surface area contributed by atoms with Crippen LogP contribution in [0.15, 0.2) is 0 Å². The van der Waals surface area contributed by atoms with E-state index in [0.29, 0.717) is 6.42 Å². The van der Waals surface area contributed by atoms with Gasteiger partial charge < -0.3 is 9.84 Å². The van der Waals surface area contributed by atoms with E-state index in [-0.39, 0.29) is 0 Å². The van der Waals surface area contributed by atoms with E-state index in [1.165, 1.54) is 51.4 Å². The van der Waals surface area contributed by atoms with Gasteiger partial charge in [-0.1, -0.05) is 44.9 Å². The first-order valence-corrected chi connectivity index (χ1v) is 7.58. The summed E-state index contributed by atoms with van der Waals surface area (Å²) in [6.45, 7) is 1.93. The summed E-state index contributed by atoms with van der Waals surface area (Å²) in [7, 11) is 0. The van der Waals surface area contributed by atoms with Gasteiger partial charge in [-0.15, -0.1) is 0 Å². The molecule has 0 aromatic rings. The van der Waals surface area contributed by atoms with Crippen LogP contribution in [-0.2, 0) is 9.53 Å². The van der Waals surface area contributed by atoms with Crippen LogP contribution in [0.1, 0.15) is 70.6 Å². The summed E-state index contributed by atoms with van der Waals surface area (Å²) in [5.41, 5.74) is 0. The lowest BCUT2D eigenvalue weighted by atomic mass is 9.93. The molecule has 1 aliphatic heterocycles. The number of aliphatic carboxylic acids is 1. The normalized spacial score (nSPS) is 16.9. The largest absolute Gasteiger partial charge is 0.481 e. The first kappa shape index (κ1) is 15.5. The standard InChI is InChI=1S/C15H28O3/c16-15(17)9-7-5-3-1-2-4-6-8-14-10-12-18-13-11-14/h14H,1-13H2,(H,16,17). The monoisotopic (exact) mass is 256 g/mol. The lowest BCUT2D eigenvalue weighted by molar-refractivity contribution is -0.137. The average Bonchev–Trinajstić information content (AvgIpc) is 2.37. The predicted octanol–water partition coefficient (Wildman–Crippen LogP) is 4.01. The van der Waals surface area contributed by atoms with Crippen molar-refractivity contribution in [2.75, 3.05) is 13.2 Å². The van der Waals surface area contributed by atoms with E-state index in [4.69, 9.17) is 9.84 Å². The summed E-state index contributed by atoms with van der Waals surface area (Å²) >= 11 is 0. The Morgan fingerprint density at radius 3 is 2.11 bits per heavy atom. The summed E-state index contributed by atoms with van der Waals surface area (Å²) in [4.78, 5) is 10.3. The van der Waals surface area contributed by atoms with Crippen LogP contribution in [0.5, 0.6) is 0 Å². The third-order valence-corrected chi connectivity index (χ3v) is 3.84. The minimum atomic E-state index is -0.661. The number of hydrogen-bond acceptors (Lipinski definition) is 2. The molecule has 0 atom stereocenters. The van der Waals surface area contributed by atoms with Crippen molar-refractivity contribution < 1.29 is 14.6 Å². The zero-order valence-electron chi connectivity index (χ0n) is 11.5. The molecule has 0 unspecified atom stereocenters. The summed E-state index contributed by atoms with van der Waals surface area (Å²) in [5, 5.41) is 8.50. The highest BCUT2D eigenvalue weighted by Gasteiger charge is 2.12. The molecule has 106 valence electrons. The van der Waals surface area contributed by atoms with Gasteiger partial charge in [0.05, 0.1) is 0 Å².